The van der Waals surface area contributed by atoms with Gasteiger partial charge in [0.05, 0.1) is 13.2 Å². The van der Waals surface area contributed by atoms with E-state index in [2.05, 4.69) is 11.8 Å². The molecule has 0 radical (unpaired) electrons. The molecule has 148 valence electrons. The molecule has 5 heteroatoms. The van der Waals surface area contributed by atoms with Crippen molar-refractivity contribution in [3.05, 3.63) is 59.7 Å². The average molecular weight is 380 g/mol. The molecule has 28 heavy (non-hydrogen) atoms. The van der Waals surface area contributed by atoms with Crippen molar-refractivity contribution in [2.75, 3.05) is 39.9 Å². The zero-order valence-electron chi connectivity index (χ0n) is 16.9. The summed E-state index contributed by atoms with van der Waals surface area (Å²) in [6, 6.07) is 15.3. The van der Waals surface area contributed by atoms with Gasteiger partial charge in [-0.1, -0.05) is 36.4 Å². The SMILES string of the molecule is CC(=O)c1ccccc1-c1ccc(C(=O)N(C)C[C@@H](C)N2CCOCC2)cc1. The molecular formula is C23H28N2O3. The molecular weight excluding hydrogens is 352 g/mol. The van der Waals surface area contributed by atoms with Crippen LogP contribution in [0.1, 0.15) is 34.6 Å². The number of Topliss-reactive ketones (excluding diaryl/α,β-unsaturated/α-hetero) is 1. The van der Waals surface area contributed by atoms with Crippen LogP contribution in [0.25, 0.3) is 11.1 Å². The number of likely N-dealkylation sites (N-methyl/N-ethyl adjacent to an activating group) is 1. The molecule has 0 N–H and O–H groups in total. The monoisotopic (exact) mass is 380 g/mol. The first-order chi connectivity index (χ1) is 13.5. The summed E-state index contributed by atoms with van der Waals surface area (Å²) >= 11 is 0. The highest BCUT2D eigenvalue weighted by atomic mass is 16.5. The molecule has 3 rings (SSSR count). The van der Waals surface area contributed by atoms with Crippen molar-refractivity contribution in [2.45, 2.75) is 19.9 Å². The number of ketones is 1. The maximum Gasteiger partial charge on any atom is 0.253 e. The van der Waals surface area contributed by atoms with Crippen LogP contribution >= 0.6 is 0 Å². The van der Waals surface area contributed by atoms with Gasteiger partial charge in [-0.2, -0.15) is 0 Å². The minimum absolute atomic E-state index is 0.00603. The third-order valence-corrected chi connectivity index (χ3v) is 5.30. The molecule has 2 aromatic carbocycles. The molecule has 1 fully saturated rings. The Morgan fingerprint density at radius 2 is 1.71 bits per heavy atom. The van der Waals surface area contributed by atoms with Crippen molar-refractivity contribution in [3.63, 3.8) is 0 Å². The van der Waals surface area contributed by atoms with Crippen LogP contribution in [0.15, 0.2) is 48.5 Å². The van der Waals surface area contributed by atoms with E-state index in [0.717, 1.165) is 37.4 Å². The third kappa shape index (κ3) is 4.66. The van der Waals surface area contributed by atoms with Gasteiger partial charge in [0.15, 0.2) is 5.78 Å². The Morgan fingerprint density at radius 3 is 2.36 bits per heavy atom. The van der Waals surface area contributed by atoms with Crippen LogP contribution < -0.4 is 0 Å². The van der Waals surface area contributed by atoms with Crippen LogP contribution in [0.4, 0.5) is 0 Å². The lowest BCUT2D eigenvalue weighted by atomic mass is 9.96. The minimum Gasteiger partial charge on any atom is -0.379 e. The number of nitrogens with zero attached hydrogens (tertiary/aromatic N) is 2. The summed E-state index contributed by atoms with van der Waals surface area (Å²) in [5.41, 5.74) is 3.17. The third-order valence-electron chi connectivity index (χ3n) is 5.30. The predicted octanol–water partition coefficient (Wildman–Crippen LogP) is 3.35. The molecule has 0 saturated carbocycles. The lowest BCUT2D eigenvalue weighted by Crippen LogP contribution is -2.47. The van der Waals surface area contributed by atoms with Crippen LogP contribution in [0, 0.1) is 0 Å². The summed E-state index contributed by atoms with van der Waals surface area (Å²) < 4.78 is 5.40. The Kier molecular flexibility index (Phi) is 6.60. The van der Waals surface area contributed by atoms with Gasteiger partial charge in [-0.25, -0.2) is 0 Å². The summed E-state index contributed by atoms with van der Waals surface area (Å²) in [6.45, 7) is 7.73. The second-order valence-corrected chi connectivity index (χ2v) is 7.36. The Bertz CT molecular complexity index is 826. The van der Waals surface area contributed by atoms with Gasteiger partial charge in [-0.3, -0.25) is 14.5 Å². The van der Waals surface area contributed by atoms with Crippen LogP contribution in [0.2, 0.25) is 0 Å². The molecule has 2 aromatic rings. The smallest absolute Gasteiger partial charge is 0.253 e. The second kappa shape index (κ2) is 9.13. The van der Waals surface area contributed by atoms with E-state index < -0.39 is 0 Å². The summed E-state index contributed by atoms with van der Waals surface area (Å²) in [6.07, 6.45) is 0. The van der Waals surface area contributed by atoms with E-state index in [4.69, 9.17) is 4.74 Å². The van der Waals surface area contributed by atoms with E-state index in [1.54, 1.807) is 11.8 Å². The van der Waals surface area contributed by atoms with E-state index in [9.17, 15) is 9.59 Å². The number of hydrogen-bond donors (Lipinski definition) is 0. The number of benzene rings is 2. The highest BCUT2D eigenvalue weighted by molar-refractivity contribution is 6.01. The first kappa shape index (κ1) is 20.2. The fourth-order valence-corrected chi connectivity index (χ4v) is 3.67. The fourth-order valence-electron chi connectivity index (χ4n) is 3.67. The molecule has 0 aliphatic carbocycles. The normalized spacial score (nSPS) is 15.8. The average Bonchev–Trinajstić information content (AvgIpc) is 2.73. The van der Waals surface area contributed by atoms with Crippen molar-refractivity contribution in [3.8, 4) is 11.1 Å². The summed E-state index contributed by atoms with van der Waals surface area (Å²) in [5.74, 6) is 0.0408. The van der Waals surface area contributed by atoms with Crippen molar-refractivity contribution in [1.29, 1.82) is 0 Å². The lowest BCUT2D eigenvalue weighted by molar-refractivity contribution is 0.0142. The highest BCUT2D eigenvalue weighted by Gasteiger charge is 2.21. The Balaban J connectivity index is 1.69. The largest absolute Gasteiger partial charge is 0.379 e. The molecule has 0 spiro atoms. The highest BCUT2D eigenvalue weighted by Crippen LogP contribution is 2.24. The van der Waals surface area contributed by atoms with E-state index >= 15 is 0 Å². The Labute approximate surface area is 166 Å². The first-order valence-electron chi connectivity index (χ1n) is 9.75. The molecule has 0 aromatic heterocycles. The molecule has 1 saturated heterocycles. The fraction of sp³-hybridized carbons (Fsp3) is 0.391. The van der Waals surface area contributed by atoms with Crippen LogP contribution in [0.3, 0.4) is 0 Å². The van der Waals surface area contributed by atoms with Gasteiger partial charge in [-0.05, 0) is 37.1 Å². The minimum atomic E-state index is 0.00603. The molecule has 1 heterocycles. The van der Waals surface area contributed by atoms with E-state index in [-0.39, 0.29) is 11.7 Å². The van der Waals surface area contributed by atoms with Gasteiger partial charge in [0.1, 0.15) is 0 Å². The molecule has 1 atom stereocenters. The Hall–Kier alpha value is -2.50. The number of carbonyl (C=O) groups excluding carboxylic acids is 2. The number of rotatable bonds is 6. The molecule has 1 amide bonds. The number of hydrogen-bond acceptors (Lipinski definition) is 4. The number of amides is 1. The summed E-state index contributed by atoms with van der Waals surface area (Å²) in [4.78, 5) is 28.8. The van der Waals surface area contributed by atoms with Crippen molar-refractivity contribution >= 4 is 11.7 Å². The molecule has 0 bridgehead atoms. The van der Waals surface area contributed by atoms with Gasteiger partial charge in [0, 0.05) is 43.9 Å². The predicted molar refractivity (Wildman–Crippen MR) is 111 cm³/mol. The van der Waals surface area contributed by atoms with Gasteiger partial charge in [0.25, 0.3) is 5.91 Å². The van der Waals surface area contributed by atoms with Gasteiger partial charge in [0.2, 0.25) is 0 Å². The molecule has 5 nitrogen and oxygen atoms in total. The van der Waals surface area contributed by atoms with E-state index in [0.29, 0.717) is 23.7 Å². The summed E-state index contributed by atoms with van der Waals surface area (Å²) in [5, 5.41) is 0. The van der Waals surface area contributed by atoms with Gasteiger partial charge in [-0.15, -0.1) is 0 Å². The van der Waals surface area contributed by atoms with Crippen LogP contribution in [0.5, 0.6) is 0 Å². The number of morpholine rings is 1. The lowest BCUT2D eigenvalue weighted by Gasteiger charge is -2.34. The number of ether oxygens (including phenoxy) is 1. The van der Waals surface area contributed by atoms with E-state index in [1.807, 2.05) is 55.6 Å². The quantitative estimate of drug-likeness (QED) is 0.721. The van der Waals surface area contributed by atoms with Crippen molar-refractivity contribution in [2.24, 2.45) is 0 Å². The maximum absolute atomic E-state index is 12.8. The zero-order chi connectivity index (χ0) is 20.1. The topological polar surface area (TPSA) is 49.9 Å². The molecule has 0 unspecified atom stereocenters. The van der Waals surface area contributed by atoms with Crippen molar-refractivity contribution in [1.82, 2.24) is 9.80 Å². The van der Waals surface area contributed by atoms with Gasteiger partial charge < -0.3 is 9.64 Å². The van der Waals surface area contributed by atoms with Crippen molar-refractivity contribution < 1.29 is 14.3 Å². The van der Waals surface area contributed by atoms with Crippen LogP contribution in [-0.4, -0.2) is 67.4 Å². The molecule has 1 aliphatic rings. The second-order valence-electron chi connectivity index (χ2n) is 7.36. The maximum atomic E-state index is 12.8. The zero-order valence-corrected chi connectivity index (χ0v) is 16.9. The Morgan fingerprint density at radius 1 is 1.07 bits per heavy atom. The first-order valence-corrected chi connectivity index (χ1v) is 9.75. The standard InChI is InChI=1S/C23H28N2O3/c1-17(25-12-14-28-15-13-25)16-24(3)23(27)20-10-8-19(9-11-20)22-7-5-4-6-21(22)18(2)26/h4-11,17H,12-16H2,1-3H3/t17-/m1/s1. The van der Waals surface area contributed by atoms with E-state index in [1.165, 1.54) is 0 Å². The van der Waals surface area contributed by atoms with Gasteiger partial charge >= 0.3 is 0 Å². The number of carbonyl (C=O) groups is 2. The molecule has 1 aliphatic heterocycles. The summed E-state index contributed by atoms with van der Waals surface area (Å²) in [7, 11) is 1.85. The van der Waals surface area contributed by atoms with Crippen LogP contribution in [-0.2, 0) is 4.74 Å².